The van der Waals surface area contributed by atoms with Crippen LogP contribution in [-0.2, 0) is 19.9 Å². The number of amides is 1. The summed E-state index contributed by atoms with van der Waals surface area (Å²) in [5, 5.41) is 4.57. The van der Waals surface area contributed by atoms with E-state index >= 15 is 0 Å². The Labute approximate surface area is 153 Å². The Bertz CT molecular complexity index is 918. The number of rotatable bonds is 4. The van der Waals surface area contributed by atoms with Crippen molar-refractivity contribution in [3.63, 3.8) is 0 Å². The van der Waals surface area contributed by atoms with Crippen LogP contribution in [0.25, 0.3) is 0 Å². The topological polar surface area (TPSA) is 51.0 Å². The standard InChI is InChI=1S/C21H22N4O/c1-15(16-9-4-3-5-10-16)25(19-13-6-7-14-22-19)21(26)20-17-11-8-12-18(17)23-24(20)2/h3-7,9-10,13-15H,8,11-12H2,1-2H3. The molecule has 0 radical (unpaired) electrons. The molecule has 5 nitrogen and oxygen atoms in total. The summed E-state index contributed by atoms with van der Waals surface area (Å²) in [6.07, 6.45) is 4.66. The van der Waals surface area contributed by atoms with Gasteiger partial charge in [-0.05, 0) is 43.9 Å². The molecule has 4 rings (SSSR count). The summed E-state index contributed by atoms with van der Waals surface area (Å²) in [6.45, 7) is 2.04. The normalized spacial score (nSPS) is 14.1. The number of hydrogen-bond donors (Lipinski definition) is 0. The van der Waals surface area contributed by atoms with Gasteiger partial charge < -0.3 is 0 Å². The van der Waals surface area contributed by atoms with Crippen LogP contribution >= 0.6 is 0 Å². The lowest BCUT2D eigenvalue weighted by Gasteiger charge is -2.29. The first-order chi connectivity index (χ1) is 12.7. The van der Waals surface area contributed by atoms with Gasteiger partial charge in [-0.1, -0.05) is 36.4 Å². The smallest absolute Gasteiger partial charge is 0.278 e. The number of anilines is 1. The van der Waals surface area contributed by atoms with Crippen LogP contribution in [0.1, 0.15) is 46.7 Å². The van der Waals surface area contributed by atoms with Gasteiger partial charge in [-0.2, -0.15) is 5.10 Å². The average molecular weight is 346 g/mol. The predicted octanol–water partition coefficient (Wildman–Crippen LogP) is 3.71. The van der Waals surface area contributed by atoms with E-state index < -0.39 is 0 Å². The highest BCUT2D eigenvalue weighted by Crippen LogP contribution is 2.31. The largest absolute Gasteiger partial charge is 0.284 e. The van der Waals surface area contributed by atoms with Gasteiger partial charge in [0.05, 0.1) is 11.7 Å². The summed E-state index contributed by atoms with van der Waals surface area (Å²) in [5.74, 6) is 0.611. The zero-order chi connectivity index (χ0) is 18.1. The summed E-state index contributed by atoms with van der Waals surface area (Å²) >= 11 is 0. The molecule has 3 aromatic rings. The lowest BCUT2D eigenvalue weighted by Crippen LogP contribution is -2.36. The zero-order valence-electron chi connectivity index (χ0n) is 15.1. The molecular formula is C21H22N4O. The molecule has 0 bridgehead atoms. The molecule has 2 aromatic heterocycles. The maximum Gasteiger partial charge on any atom is 0.278 e. The summed E-state index contributed by atoms with van der Waals surface area (Å²) < 4.78 is 1.74. The summed E-state index contributed by atoms with van der Waals surface area (Å²) in [5.41, 5.74) is 3.92. The van der Waals surface area contributed by atoms with Crippen LogP contribution in [0.5, 0.6) is 0 Å². The lowest BCUT2D eigenvalue weighted by atomic mass is 10.1. The van der Waals surface area contributed by atoms with E-state index in [1.165, 1.54) is 0 Å². The van der Waals surface area contributed by atoms with Gasteiger partial charge in [-0.25, -0.2) is 4.98 Å². The van der Waals surface area contributed by atoms with Crippen LogP contribution in [0.2, 0.25) is 0 Å². The molecule has 0 N–H and O–H groups in total. The number of carbonyl (C=O) groups excluding carboxylic acids is 1. The molecule has 1 aromatic carbocycles. The van der Waals surface area contributed by atoms with E-state index in [0.29, 0.717) is 11.5 Å². The molecule has 26 heavy (non-hydrogen) atoms. The number of hydrogen-bond acceptors (Lipinski definition) is 3. The Kier molecular flexibility index (Phi) is 4.29. The molecule has 0 saturated carbocycles. The number of fused-ring (bicyclic) bond motifs is 1. The van der Waals surface area contributed by atoms with Gasteiger partial charge in [0.25, 0.3) is 5.91 Å². The molecule has 1 unspecified atom stereocenters. The van der Waals surface area contributed by atoms with E-state index in [1.54, 1.807) is 15.8 Å². The molecule has 2 heterocycles. The maximum absolute atomic E-state index is 13.6. The van der Waals surface area contributed by atoms with Crippen molar-refractivity contribution in [2.45, 2.75) is 32.2 Å². The molecule has 1 aliphatic rings. The molecule has 0 saturated heterocycles. The number of nitrogens with zero attached hydrogens (tertiary/aromatic N) is 4. The number of benzene rings is 1. The van der Waals surface area contributed by atoms with Crippen molar-refractivity contribution in [3.8, 4) is 0 Å². The predicted molar refractivity (Wildman–Crippen MR) is 101 cm³/mol. The average Bonchev–Trinajstić information content (AvgIpc) is 3.23. The van der Waals surface area contributed by atoms with Crippen molar-refractivity contribution in [2.75, 3.05) is 4.90 Å². The van der Waals surface area contributed by atoms with Crippen LogP contribution in [0.15, 0.2) is 54.7 Å². The number of carbonyl (C=O) groups is 1. The van der Waals surface area contributed by atoms with Crippen molar-refractivity contribution >= 4 is 11.7 Å². The molecule has 0 aliphatic heterocycles. The first-order valence-corrected chi connectivity index (χ1v) is 9.01. The van der Waals surface area contributed by atoms with Gasteiger partial charge in [0, 0.05) is 18.8 Å². The van der Waals surface area contributed by atoms with E-state index in [4.69, 9.17) is 0 Å². The van der Waals surface area contributed by atoms with Crippen molar-refractivity contribution in [1.82, 2.24) is 14.8 Å². The van der Waals surface area contributed by atoms with Crippen molar-refractivity contribution in [2.24, 2.45) is 7.05 Å². The van der Waals surface area contributed by atoms with E-state index in [2.05, 4.69) is 10.1 Å². The fraction of sp³-hybridized carbons (Fsp3) is 0.286. The van der Waals surface area contributed by atoms with E-state index in [1.807, 2.05) is 62.5 Å². The summed E-state index contributed by atoms with van der Waals surface area (Å²) in [4.78, 5) is 19.9. The van der Waals surface area contributed by atoms with E-state index in [0.717, 1.165) is 36.1 Å². The first-order valence-electron chi connectivity index (χ1n) is 9.01. The molecule has 0 fully saturated rings. The van der Waals surface area contributed by atoms with Crippen LogP contribution in [0, 0.1) is 0 Å². The molecule has 0 spiro atoms. The third-order valence-corrected chi connectivity index (χ3v) is 5.06. The quantitative estimate of drug-likeness (QED) is 0.723. The van der Waals surface area contributed by atoms with Gasteiger partial charge in [-0.15, -0.1) is 0 Å². The molecule has 132 valence electrons. The Morgan fingerprint density at radius 1 is 1.12 bits per heavy atom. The van der Waals surface area contributed by atoms with Gasteiger partial charge in [0.2, 0.25) is 0 Å². The van der Waals surface area contributed by atoms with Crippen LogP contribution in [0.3, 0.4) is 0 Å². The fourth-order valence-electron chi connectivity index (χ4n) is 3.76. The zero-order valence-corrected chi connectivity index (χ0v) is 15.1. The fourth-order valence-corrected chi connectivity index (χ4v) is 3.76. The second-order valence-corrected chi connectivity index (χ2v) is 6.70. The first kappa shape index (κ1) is 16.5. The second-order valence-electron chi connectivity index (χ2n) is 6.70. The number of aryl methyl sites for hydroxylation is 2. The molecule has 5 heteroatoms. The molecule has 1 amide bonds. The molecule has 1 aliphatic carbocycles. The Morgan fingerprint density at radius 2 is 1.88 bits per heavy atom. The van der Waals surface area contributed by atoms with Crippen molar-refractivity contribution in [1.29, 1.82) is 0 Å². The lowest BCUT2D eigenvalue weighted by molar-refractivity contribution is 0.0967. The van der Waals surface area contributed by atoms with Gasteiger partial charge >= 0.3 is 0 Å². The summed E-state index contributed by atoms with van der Waals surface area (Å²) in [6, 6.07) is 15.6. The van der Waals surface area contributed by atoms with Crippen molar-refractivity contribution < 1.29 is 4.79 Å². The SMILES string of the molecule is CC(c1ccccc1)N(C(=O)c1c2c(nn1C)CCC2)c1ccccn1. The van der Waals surface area contributed by atoms with Gasteiger partial charge in [-0.3, -0.25) is 14.4 Å². The molecular weight excluding hydrogens is 324 g/mol. The van der Waals surface area contributed by atoms with Gasteiger partial charge in [0.1, 0.15) is 11.5 Å². The highest BCUT2D eigenvalue weighted by molar-refractivity contribution is 6.06. The second kappa shape index (κ2) is 6.75. The minimum Gasteiger partial charge on any atom is -0.284 e. The maximum atomic E-state index is 13.6. The van der Waals surface area contributed by atoms with Crippen molar-refractivity contribution in [3.05, 3.63) is 77.2 Å². The number of aromatic nitrogens is 3. The Balaban J connectivity index is 1.80. The van der Waals surface area contributed by atoms with E-state index in [9.17, 15) is 4.79 Å². The third-order valence-electron chi connectivity index (χ3n) is 5.06. The Hall–Kier alpha value is -2.95. The minimum atomic E-state index is -0.134. The third kappa shape index (κ3) is 2.79. The Morgan fingerprint density at radius 3 is 2.62 bits per heavy atom. The number of pyridine rings is 1. The van der Waals surface area contributed by atoms with Gasteiger partial charge in [0.15, 0.2) is 0 Å². The van der Waals surface area contributed by atoms with Crippen LogP contribution < -0.4 is 4.90 Å². The molecule has 1 atom stereocenters. The van der Waals surface area contributed by atoms with Crippen LogP contribution in [0.4, 0.5) is 5.82 Å². The van der Waals surface area contributed by atoms with E-state index in [-0.39, 0.29) is 11.9 Å². The summed E-state index contributed by atoms with van der Waals surface area (Å²) in [7, 11) is 1.86. The van der Waals surface area contributed by atoms with Crippen LogP contribution in [-0.4, -0.2) is 20.7 Å². The minimum absolute atomic E-state index is 0.0433. The highest BCUT2D eigenvalue weighted by atomic mass is 16.2. The monoisotopic (exact) mass is 346 g/mol. The highest BCUT2D eigenvalue weighted by Gasteiger charge is 2.32.